The number of carbonyl (C=O) groups is 1. The summed E-state index contributed by atoms with van der Waals surface area (Å²) in [6.07, 6.45) is 3.06. The molecule has 1 unspecified atom stereocenters. The molecule has 20 heavy (non-hydrogen) atoms. The Balaban J connectivity index is 2.54. The van der Waals surface area contributed by atoms with Gasteiger partial charge in [-0.1, -0.05) is 27.2 Å². The number of aromatic nitrogens is 2. The number of aryl methyl sites for hydroxylation is 1. The van der Waals surface area contributed by atoms with E-state index in [0.29, 0.717) is 11.5 Å². The van der Waals surface area contributed by atoms with Crippen LogP contribution in [0.25, 0.3) is 11.0 Å². The second-order valence-electron chi connectivity index (χ2n) is 5.41. The first-order chi connectivity index (χ1) is 9.56. The highest BCUT2D eigenvalue weighted by Crippen LogP contribution is 2.21. The molecule has 0 saturated heterocycles. The normalized spacial score (nSPS) is 12.8. The fourth-order valence-corrected chi connectivity index (χ4v) is 2.36. The van der Waals surface area contributed by atoms with Crippen molar-refractivity contribution in [2.45, 2.75) is 46.6 Å². The van der Waals surface area contributed by atoms with E-state index in [-0.39, 0.29) is 0 Å². The van der Waals surface area contributed by atoms with E-state index in [2.05, 4.69) is 30.3 Å². The molecule has 1 heterocycles. The maximum absolute atomic E-state index is 11.1. The third-order valence-corrected chi connectivity index (χ3v) is 3.74. The number of fused-ring (bicyclic) bond motifs is 1. The molecule has 0 bridgehead atoms. The molecule has 0 spiro atoms. The van der Waals surface area contributed by atoms with E-state index in [4.69, 9.17) is 5.11 Å². The Kier molecular flexibility index (Phi) is 4.42. The van der Waals surface area contributed by atoms with Crippen LogP contribution in [0, 0.1) is 5.92 Å². The van der Waals surface area contributed by atoms with Gasteiger partial charge in [0, 0.05) is 13.0 Å². The van der Waals surface area contributed by atoms with Crippen LogP contribution in [0.3, 0.4) is 0 Å². The molecule has 0 aliphatic rings. The molecule has 0 saturated carbocycles. The van der Waals surface area contributed by atoms with E-state index in [0.717, 1.165) is 42.7 Å². The quantitative estimate of drug-likeness (QED) is 0.873. The first kappa shape index (κ1) is 14.6. The number of rotatable bonds is 6. The van der Waals surface area contributed by atoms with Crippen LogP contribution >= 0.6 is 0 Å². The van der Waals surface area contributed by atoms with Crippen LogP contribution in [0.5, 0.6) is 0 Å². The van der Waals surface area contributed by atoms with Crippen molar-refractivity contribution in [3.05, 3.63) is 29.6 Å². The Labute approximate surface area is 119 Å². The van der Waals surface area contributed by atoms with Crippen LogP contribution < -0.4 is 0 Å². The summed E-state index contributed by atoms with van der Waals surface area (Å²) in [5.41, 5.74) is 2.15. The molecule has 0 aliphatic carbocycles. The maximum Gasteiger partial charge on any atom is 0.335 e. The Bertz CT molecular complexity index is 616. The van der Waals surface area contributed by atoms with Crippen molar-refractivity contribution in [2.24, 2.45) is 5.92 Å². The van der Waals surface area contributed by atoms with Gasteiger partial charge in [-0.2, -0.15) is 0 Å². The minimum absolute atomic E-state index is 0.325. The molecule has 2 rings (SSSR count). The molecular weight excluding hydrogens is 252 g/mol. The lowest BCUT2D eigenvalue weighted by atomic mass is 10.1. The summed E-state index contributed by atoms with van der Waals surface area (Å²) in [5, 5.41) is 9.14. The number of carboxylic acid groups (broad SMARTS) is 1. The summed E-state index contributed by atoms with van der Waals surface area (Å²) in [4.78, 5) is 15.8. The predicted molar refractivity (Wildman–Crippen MR) is 80.1 cm³/mol. The van der Waals surface area contributed by atoms with E-state index in [9.17, 15) is 4.79 Å². The van der Waals surface area contributed by atoms with Gasteiger partial charge in [0.05, 0.1) is 16.6 Å². The van der Waals surface area contributed by atoms with E-state index in [1.807, 2.05) is 6.07 Å². The van der Waals surface area contributed by atoms with Crippen molar-refractivity contribution in [2.75, 3.05) is 0 Å². The van der Waals surface area contributed by atoms with Crippen LogP contribution in [-0.4, -0.2) is 20.6 Å². The Hall–Kier alpha value is -1.84. The van der Waals surface area contributed by atoms with Gasteiger partial charge < -0.3 is 9.67 Å². The van der Waals surface area contributed by atoms with Gasteiger partial charge in [-0.15, -0.1) is 0 Å². The van der Waals surface area contributed by atoms with Crippen LogP contribution in [0.15, 0.2) is 18.2 Å². The third kappa shape index (κ3) is 2.84. The van der Waals surface area contributed by atoms with Gasteiger partial charge in [-0.25, -0.2) is 9.78 Å². The number of carboxylic acids is 1. The molecule has 0 radical (unpaired) electrons. The average molecular weight is 274 g/mol. The lowest BCUT2D eigenvalue weighted by Gasteiger charge is -2.13. The molecule has 2 aromatic rings. The fourth-order valence-electron chi connectivity index (χ4n) is 2.36. The Morgan fingerprint density at radius 3 is 2.75 bits per heavy atom. The van der Waals surface area contributed by atoms with Gasteiger partial charge in [0.2, 0.25) is 0 Å². The zero-order valence-electron chi connectivity index (χ0n) is 12.4. The Morgan fingerprint density at radius 1 is 1.40 bits per heavy atom. The summed E-state index contributed by atoms with van der Waals surface area (Å²) in [5.74, 6) is 0.724. The fraction of sp³-hybridized carbons (Fsp3) is 0.500. The van der Waals surface area contributed by atoms with Crippen LogP contribution in [0.1, 0.15) is 49.8 Å². The molecule has 1 aromatic heterocycles. The molecule has 1 aromatic carbocycles. The van der Waals surface area contributed by atoms with Crippen LogP contribution in [0.2, 0.25) is 0 Å². The SMILES string of the molecule is CCCc1nc2ccc(C(=O)O)cc2n1CC(C)CC. The topological polar surface area (TPSA) is 55.1 Å². The lowest BCUT2D eigenvalue weighted by Crippen LogP contribution is -2.10. The maximum atomic E-state index is 11.1. The Morgan fingerprint density at radius 2 is 2.15 bits per heavy atom. The molecule has 0 amide bonds. The number of imidazole rings is 1. The summed E-state index contributed by atoms with van der Waals surface area (Å²) in [6.45, 7) is 7.41. The zero-order chi connectivity index (χ0) is 14.7. The number of aromatic carboxylic acids is 1. The molecule has 108 valence electrons. The first-order valence-electron chi connectivity index (χ1n) is 7.29. The first-order valence-corrected chi connectivity index (χ1v) is 7.29. The van der Waals surface area contributed by atoms with E-state index in [1.54, 1.807) is 12.1 Å². The molecule has 4 heteroatoms. The summed E-state index contributed by atoms with van der Waals surface area (Å²) in [7, 11) is 0. The second kappa shape index (κ2) is 6.07. The van der Waals surface area contributed by atoms with E-state index >= 15 is 0 Å². The van der Waals surface area contributed by atoms with Crippen LogP contribution in [0.4, 0.5) is 0 Å². The number of benzene rings is 1. The van der Waals surface area contributed by atoms with Crippen molar-refractivity contribution < 1.29 is 9.90 Å². The van der Waals surface area contributed by atoms with Crippen molar-refractivity contribution in [3.8, 4) is 0 Å². The highest BCUT2D eigenvalue weighted by molar-refractivity contribution is 5.92. The largest absolute Gasteiger partial charge is 0.478 e. The summed E-state index contributed by atoms with van der Waals surface area (Å²) < 4.78 is 2.19. The molecular formula is C16H22N2O2. The molecule has 1 N–H and O–H groups in total. The monoisotopic (exact) mass is 274 g/mol. The van der Waals surface area contributed by atoms with E-state index in [1.165, 1.54) is 0 Å². The highest BCUT2D eigenvalue weighted by atomic mass is 16.4. The molecule has 0 fully saturated rings. The van der Waals surface area contributed by atoms with Gasteiger partial charge in [-0.05, 0) is 30.5 Å². The summed E-state index contributed by atoms with van der Waals surface area (Å²) in [6, 6.07) is 5.18. The zero-order valence-corrected chi connectivity index (χ0v) is 12.4. The van der Waals surface area contributed by atoms with Gasteiger partial charge in [0.1, 0.15) is 5.82 Å². The minimum Gasteiger partial charge on any atom is -0.478 e. The average Bonchev–Trinajstić information content (AvgIpc) is 2.76. The minimum atomic E-state index is -0.889. The van der Waals surface area contributed by atoms with Crippen molar-refractivity contribution in [1.82, 2.24) is 9.55 Å². The van der Waals surface area contributed by atoms with Crippen LogP contribution in [-0.2, 0) is 13.0 Å². The van der Waals surface area contributed by atoms with Gasteiger partial charge in [0.15, 0.2) is 0 Å². The molecule has 1 atom stereocenters. The number of nitrogens with zero attached hydrogens (tertiary/aromatic N) is 2. The van der Waals surface area contributed by atoms with Gasteiger partial charge >= 0.3 is 5.97 Å². The lowest BCUT2D eigenvalue weighted by molar-refractivity contribution is 0.0697. The smallest absolute Gasteiger partial charge is 0.335 e. The third-order valence-electron chi connectivity index (χ3n) is 3.74. The highest BCUT2D eigenvalue weighted by Gasteiger charge is 2.14. The van der Waals surface area contributed by atoms with Gasteiger partial charge in [0.25, 0.3) is 0 Å². The van der Waals surface area contributed by atoms with Crippen molar-refractivity contribution in [1.29, 1.82) is 0 Å². The predicted octanol–water partition coefficient (Wildman–Crippen LogP) is 3.73. The van der Waals surface area contributed by atoms with E-state index < -0.39 is 5.97 Å². The summed E-state index contributed by atoms with van der Waals surface area (Å²) >= 11 is 0. The molecule has 0 aliphatic heterocycles. The van der Waals surface area contributed by atoms with Crippen molar-refractivity contribution >= 4 is 17.0 Å². The van der Waals surface area contributed by atoms with Crippen molar-refractivity contribution in [3.63, 3.8) is 0 Å². The number of hydrogen-bond donors (Lipinski definition) is 1. The second-order valence-corrected chi connectivity index (χ2v) is 5.41. The molecule has 4 nitrogen and oxygen atoms in total. The van der Waals surface area contributed by atoms with Gasteiger partial charge in [-0.3, -0.25) is 0 Å². The number of hydrogen-bond acceptors (Lipinski definition) is 2. The standard InChI is InChI=1S/C16H22N2O2/c1-4-6-15-17-13-8-7-12(16(19)20)9-14(13)18(15)10-11(3)5-2/h7-9,11H,4-6,10H2,1-3H3,(H,19,20).